The molecule has 104 valence electrons. The third kappa shape index (κ3) is 3.48. The van der Waals surface area contributed by atoms with Gasteiger partial charge in [-0.2, -0.15) is 0 Å². The highest BCUT2D eigenvalue weighted by molar-refractivity contribution is 6.30. The highest BCUT2D eigenvalue weighted by Crippen LogP contribution is 2.48. The van der Waals surface area contributed by atoms with Gasteiger partial charge in [-0.1, -0.05) is 23.7 Å². The number of benzene rings is 1. The minimum absolute atomic E-state index is 0.161. The second-order valence-electron chi connectivity index (χ2n) is 5.50. The van der Waals surface area contributed by atoms with E-state index >= 15 is 0 Å². The lowest BCUT2D eigenvalue weighted by molar-refractivity contribution is -0.123. The van der Waals surface area contributed by atoms with E-state index in [1.165, 1.54) is 0 Å². The summed E-state index contributed by atoms with van der Waals surface area (Å²) in [7, 11) is 4.08. The van der Waals surface area contributed by atoms with Crippen LogP contribution in [0.2, 0.25) is 5.02 Å². The standard InChI is InChI=1S/C15H21ClN2O/c1-18(2)11-3-10-17-14(19)15(8-9-15)12-4-6-13(16)7-5-12/h4-7H,3,8-11H2,1-2H3,(H,17,19). The van der Waals surface area contributed by atoms with Crippen molar-refractivity contribution in [2.75, 3.05) is 27.2 Å². The summed E-state index contributed by atoms with van der Waals surface area (Å²) < 4.78 is 0. The lowest BCUT2D eigenvalue weighted by Crippen LogP contribution is -2.36. The third-order valence-corrected chi connectivity index (χ3v) is 3.90. The van der Waals surface area contributed by atoms with Crippen LogP contribution >= 0.6 is 11.6 Å². The largest absolute Gasteiger partial charge is 0.355 e. The zero-order valence-electron chi connectivity index (χ0n) is 11.6. The quantitative estimate of drug-likeness (QED) is 0.812. The van der Waals surface area contributed by atoms with Crippen molar-refractivity contribution in [3.63, 3.8) is 0 Å². The Hall–Kier alpha value is -1.06. The number of nitrogens with zero attached hydrogens (tertiary/aromatic N) is 1. The maximum Gasteiger partial charge on any atom is 0.230 e. The highest BCUT2D eigenvalue weighted by Gasteiger charge is 2.50. The summed E-state index contributed by atoms with van der Waals surface area (Å²) in [5.74, 6) is 0.161. The Bertz CT molecular complexity index is 438. The van der Waals surface area contributed by atoms with Crippen molar-refractivity contribution in [2.24, 2.45) is 0 Å². The van der Waals surface area contributed by atoms with E-state index in [1.54, 1.807) is 0 Å². The molecule has 1 saturated carbocycles. The Morgan fingerprint density at radius 1 is 1.32 bits per heavy atom. The number of halogens is 1. The second kappa shape index (κ2) is 5.93. The van der Waals surface area contributed by atoms with E-state index < -0.39 is 0 Å². The van der Waals surface area contributed by atoms with Gasteiger partial charge in [0.05, 0.1) is 5.41 Å². The zero-order valence-corrected chi connectivity index (χ0v) is 12.3. The normalized spacial score (nSPS) is 16.4. The fourth-order valence-electron chi connectivity index (χ4n) is 2.31. The van der Waals surface area contributed by atoms with Gasteiger partial charge in [0.2, 0.25) is 5.91 Å². The topological polar surface area (TPSA) is 32.3 Å². The van der Waals surface area contributed by atoms with Crippen molar-refractivity contribution < 1.29 is 4.79 Å². The number of rotatable bonds is 6. The molecule has 1 aliphatic rings. The molecule has 19 heavy (non-hydrogen) atoms. The molecule has 4 heteroatoms. The van der Waals surface area contributed by atoms with Gasteiger partial charge in [-0.15, -0.1) is 0 Å². The molecule has 0 radical (unpaired) electrons. The molecule has 1 aromatic rings. The van der Waals surface area contributed by atoms with Crippen LogP contribution in [0.3, 0.4) is 0 Å². The van der Waals surface area contributed by atoms with Crippen LogP contribution in [0.25, 0.3) is 0 Å². The molecule has 1 N–H and O–H groups in total. The van der Waals surface area contributed by atoms with Crippen LogP contribution < -0.4 is 5.32 Å². The van der Waals surface area contributed by atoms with Crippen LogP contribution in [0.1, 0.15) is 24.8 Å². The molecule has 0 heterocycles. The van der Waals surface area contributed by atoms with Crippen molar-refractivity contribution in [1.29, 1.82) is 0 Å². The molecule has 0 aliphatic heterocycles. The van der Waals surface area contributed by atoms with E-state index in [-0.39, 0.29) is 11.3 Å². The minimum atomic E-state index is -0.289. The molecule has 3 nitrogen and oxygen atoms in total. The van der Waals surface area contributed by atoms with Gasteiger partial charge in [-0.25, -0.2) is 0 Å². The van der Waals surface area contributed by atoms with Gasteiger partial charge in [-0.05, 0) is 57.6 Å². The second-order valence-corrected chi connectivity index (χ2v) is 5.94. The number of hydrogen-bond donors (Lipinski definition) is 1. The fourth-order valence-corrected chi connectivity index (χ4v) is 2.43. The molecule has 0 aromatic heterocycles. The van der Waals surface area contributed by atoms with Gasteiger partial charge in [0.25, 0.3) is 0 Å². The van der Waals surface area contributed by atoms with E-state index in [9.17, 15) is 4.79 Å². The number of carbonyl (C=O) groups is 1. The molecule has 1 aromatic carbocycles. The van der Waals surface area contributed by atoms with Crippen LogP contribution in [0.5, 0.6) is 0 Å². The number of hydrogen-bond acceptors (Lipinski definition) is 2. The van der Waals surface area contributed by atoms with Crippen molar-refractivity contribution >= 4 is 17.5 Å². The summed E-state index contributed by atoms with van der Waals surface area (Å²) in [6.45, 7) is 1.74. The summed E-state index contributed by atoms with van der Waals surface area (Å²) in [4.78, 5) is 14.4. The minimum Gasteiger partial charge on any atom is -0.355 e. The summed E-state index contributed by atoms with van der Waals surface area (Å²) in [6.07, 6.45) is 2.86. The zero-order chi connectivity index (χ0) is 13.9. The SMILES string of the molecule is CN(C)CCCNC(=O)C1(c2ccc(Cl)cc2)CC1. The Morgan fingerprint density at radius 2 is 1.95 bits per heavy atom. The summed E-state index contributed by atoms with van der Waals surface area (Å²) in [5, 5.41) is 3.77. The molecule has 2 rings (SSSR count). The molecule has 0 spiro atoms. The molecule has 0 atom stereocenters. The summed E-state index contributed by atoms with van der Waals surface area (Å²) in [5.41, 5.74) is 0.796. The Balaban J connectivity index is 1.89. The molecule has 0 bridgehead atoms. The smallest absolute Gasteiger partial charge is 0.230 e. The predicted octanol–water partition coefficient (Wildman–Crippen LogP) is 2.44. The predicted molar refractivity (Wildman–Crippen MR) is 78.5 cm³/mol. The Morgan fingerprint density at radius 3 is 2.47 bits per heavy atom. The van der Waals surface area contributed by atoms with E-state index in [1.807, 2.05) is 38.4 Å². The summed E-state index contributed by atoms with van der Waals surface area (Å²) in [6, 6.07) is 7.65. The van der Waals surface area contributed by atoms with Gasteiger partial charge in [-0.3, -0.25) is 4.79 Å². The fraction of sp³-hybridized carbons (Fsp3) is 0.533. The van der Waals surface area contributed by atoms with Gasteiger partial charge in [0.1, 0.15) is 0 Å². The first-order chi connectivity index (χ1) is 9.04. The first-order valence-electron chi connectivity index (χ1n) is 6.74. The Kier molecular flexibility index (Phi) is 4.48. The maximum absolute atomic E-state index is 12.3. The average Bonchev–Trinajstić information content (AvgIpc) is 3.16. The van der Waals surface area contributed by atoms with Gasteiger partial charge in [0.15, 0.2) is 0 Å². The molecule has 1 aliphatic carbocycles. The van der Waals surface area contributed by atoms with Crippen LogP contribution in [0.15, 0.2) is 24.3 Å². The van der Waals surface area contributed by atoms with Gasteiger partial charge < -0.3 is 10.2 Å². The number of nitrogens with one attached hydrogen (secondary N) is 1. The summed E-state index contributed by atoms with van der Waals surface area (Å²) >= 11 is 5.89. The monoisotopic (exact) mass is 280 g/mol. The van der Waals surface area contributed by atoms with Crippen LogP contribution in [-0.2, 0) is 10.2 Å². The maximum atomic E-state index is 12.3. The van der Waals surface area contributed by atoms with Crippen molar-refractivity contribution in [2.45, 2.75) is 24.7 Å². The third-order valence-electron chi connectivity index (χ3n) is 3.65. The lowest BCUT2D eigenvalue weighted by Gasteiger charge is -2.16. The molecule has 0 saturated heterocycles. The van der Waals surface area contributed by atoms with Crippen molar-refractivity contribution in [1.82, 2.24) is 10.2 Å². The first-order valence-corrected chi connectivity index (χ1v) is 7.11. The Labute approximate surface area is 119 Å². The first kappa shape index (κ1) is 14.4. The lowest BCUT2D eigenvalue weighted by atomic mass is 9.95. The molecule has 1 fully saturated rings. The van der Waals surface area contributed by atoms with E-state index in [0.717, 1.165) is 37.9 Å². The van der Waals surface area contributed by atoms with E-state index in [4.69, 9.17) is 11.6 Å². The number of carbonyl (C=O) groups excluding carboxylic acids is 1. The van der Waals surface area contributed by atoms with Crippen LogP contribution in [0, 0.1) is 0 Å². The highest BCUT2D eigenvalue weighted by atomic mass is 35.5. The van der Waals surface area contributed by atoms with Crippen molar-refractivity contribution in [3.05, 3.63) is 34.9 Å². The molecular formula is C15H21ClN2O. The molecule has 0 unspecified atom stereocenters. The van der Waals surface area contributed by atoms with E-state index in [0.29, 0.717) is 5.02 Å². The molecular weight excluding hydrogens is 260 g/mol. The average molecular weight is 281 g/mol. The van der Waals surface area contributed by atoms with Crippen LogP contribution in [0.4, 0.5) is 0 Å². The van der Waals surface area contributed by atoms with Gasteiger partial charge in [0, 0.05) is 11.6 Å². The number of amides is 1. The van der Waals surface area contributed by atoms with Gasteiger partial charge >= 0.3 is 0 Å². The van der Waals surface area contributed by atoms with Crippen LogP contribution in [-0.4, -0.2) is 38.0 Å². The molecule has 1 amide bonds. The van der Waals surface area contributed by atoms with Crippen molar-refractivity contribution in [3.8, 4) is 0 Å². The van der Waals surface area contributed by atoms with E-state index in [2.05, 4.69) is 10.2 Å².